The highest BCUT2D eigenvalue weighted by molar-refractivity contribution is 6.30. The first-order chi connectivity index (χ1) is 10.4. The van der Waals surface area contributed by atoms with E-state index in [4.69, 9.17) is 5.73 Å². The maximum atomic E-state index is 12.5. The zero-order valence-corrected chi connectivity index (χ0v) is 11.0. The van der Waals surface area contributed by atoms with Gasteiger partial charge in [-0.3, -0.25) is 24.5 Å². The van der Waals surface area contributed by atoms with Crippen molar-refractivity contribution in [3.63, 3.8) is 0 Å². The molecule has 1 aliphatic carbocycles. The number of nitro groups is 1. The van der Waals surface area contributed by atoms with Crippen molar-refractivity contribution in [3.8, 4) is 0 Å². The predicted octanol–water partition coefficient (Wildman–Crippen LogP) is 1.47. The number of nitro benzene ring substituents is 1. The molecular formula is C15H8N2O5. The minimum absolute atomic E-state index is 0.0738. The standard InChI is InChI=1S/C15H8N2O5/c16-15(20)10-6-5-9-11(12(10)17(21)22)14(19)8-4-2-1-3-7(8)13(9)18/h1-6H,(H2,16,20). The van der Waals surface area contributed by atoms with Crippen LogP contribution in [-0.2, 0) is 0 Å². The highest BCUT2D eigenvalue weighted by Gasteiger charge is 2.38. The molecule has 0 aromatic heterocycles. The lowest BCUT2D eigenvalue weighted by molar-refractivity contribution is -0.385. The zero-order valence-electron chi connectivity index (χ0n) is 11.0. The van der Waals surface area contributed by atoms with E-state index in [2.05, 4.69) is 0 Å². The normalized spacial score (nSPS) is 12.5. The molecule has 0 heterocycles. The van der Waals surface area contributed by atoms with Crippen LogP contribution in [0.4, 0.5) is 5.69 Å². The summed E-state index contributed by atoms with van der Waals surface area (Å²) in [6.07, 6.45) is 0. The number of amides is 1. The summed E-state index contributed by atoms with van der Waals surface area (Å²) in [4.78, 5) is 46.8. The Bertz CT molecular complexity index is 885. The second-order valence-corrected chi connectivity index (χ2v) is 4.71. The number of rotatable bonds is 2. The number of primary amides is 1. The number of fused-ring (bicyclic) bond motifs is 2. The largest absolute Gasteiger partial charge is 0.365 e. The summed E-state index contributed by atoms with van der Waals surface area (Å²) in [7, 11) is 0. The minimum atomic E-state index is -1.03. The van der Waals surface area contributed by atoms with Crippen LogP contribution in [0, 0.1) is 10.1 Å². The molecule has 0 saturated carbocycles. The van der Waals surface area contributed by atoms with Gasteiger partial charge in [-0.1, -0.05) is 24.3 Å². The minimum Gasteiger partial charge on any atom is -0.365 e. The monoisotopic (exact) mass is 296 g/mol. The number of benzene rings is 2. The van der Waals surface area contributed by atoms with E-state index in [1.807, 2.05) is 0 Å². The van der Waals surface area contributed by atoms with E-state index in [0.717, 1.165) is 6.07 Å². The first-order valence-corrected chi connectivity index (χ1v) is 6.23. The first kappa shape index (κ1) is 13.6. The van der Waals surface area contributed by atoms with E-state index < -0.39 is 33.6 Å². The molecule has 0 unspecified atom stereocenters. The Balaban J connectivity index is 2.41. The third kappa shape index (κ3) is 1.72. The van der Waals surface area contributed by atoms with Crippen molar-refractivity contribution < 1.29 is 19.3 Å². The Hall–Kier alpha value is -3.35. The van der Waals surface area contributed by atoms with Gasteiger partial charge in [-0.2, -0.15) is 0 Å². The van der Waals surface area contributed by atoms with Crippen LogP contribution in [0.5, 0.6) is 0 Å². The first-order valence-electron chi connectivity index (χ1n) is 6.23. The summed E-state index contributed by atoms with van der Waals surface area (Å²) in [6.45, 7) is 0. The average molecular weight is 296 g/mol. The van der Waals surface area contributed by atoms with Crippen LogP contribution in [0.1, 0.15) is 42.2 Å². The Morgan fingerprint density at radius 2 is 1.55 bits per heavy atom. The molecule has 1 amide bonds. The molecule has 7 heteroatoms. The lowest BCUT2D eigenvalue weighted by Gasteiger charge is -2.17. The van der Waals surface area contributed by atoms with Crippen molar-refractivity contribution in [2.24, 2.45) is 5.73 Å². The van der Waals surface area contributed by atoms with Crippen LogP contribution in [0.25, 0.3) is 0 Å². The molecule has 0 saturated heterocycles. The summed E-state index contributed by atoms with van der Waals surface area (Å²) in [5.74, 6) is -2.20. The molecule has 3 rings (SSSR count). The molecule has 0 atom stereocenters. The van der Waals surface area contributed by atoms with E-state index in [1.165, 1.54) is 18.2 Å². The molecule has 22 heavy (non-hydrogen) atoms. The molecule has 0 fully saturated rings. The van der Waals surface area contributed by atoms with E-state index in [1.54, 1.807) is 12.1 Å². The zero-order chi connectivity index (χ0) is 16.0. The van der Waals surface area contributed by atoms with Crippen LogP contribution >= 0.6 is 0 Å². The van der Waals surface area contributed by atoms with Gasteiger partial charge in [0.25, 0.3) is 11.6 Å². The Labute approximate surface area is 123 Å². The molecule has 2 aromatic carbocycles. The second-order valence-electron chi connectivity index (χ2n) is 4.71. The fourth-order valence-corrected chi connectivity index (χ4v) is 2.56. The Morgan fingerprint density at radius 3 is 2.09 bits per heavy atom. The van der Waals surface area contributed by atoms with Crippen LogP contribution in [0.2, 0.25) is 0 Å². The maximum absolute atomic E-state index is 12.5. The summed E-state index contributed by atoms with van der Waals surface area (Å²) < 4.78 is 0. The fourth-order valence-electron chi connectivity index (χ4n) is 2.56. The highest BCUT2D eigenvalue weighted by Crippen LogP contribution is 2.35. The SMILES string of the molecule is NC(=O)c1ccc2c(c1[N+](=O)[O-])C(=O)c1ccccc1C2=O. The van der Waals surface area contributed by atoms with Gasteiger partial charge in [-0.15, -0.1) is 0 Å². The van der Waals surface area contributed by atoms with Crippen LogP contribution in [0.3, 0.4) is 0 Å². The van der Waals surface area contributed by atoms with Crippen molar-refractivity contribution in [2.45, 2.75) is 0 Å². The Kier molecular flexibility index (Phi) is 2.84. The Morgan fingerprint density at radius 1 is 0.955 bits per heavy atom. The molecule has 108 valence electrons. The topological polar surface area (TPSA) is 120 Å². The van der Waals surface area contributed by atoms with Gasteiger partial charge in [0.2, 0.25) is 5.78 Å². The molecule has 0 aliphatic heterocycles. The van der Waals surface area contributed by atoms with Gasteiger partial charge in [0.1, 0.15) is 11.1 Å². The maximum Gasteiger partial charge on any atom is 0.294 e. The van der Waals surface area contributed by atoms with Gasteiger partial charge >= 0.3 is 0 Å². The van der Waals surface area contributed by atoms with Crippen molar-refractivity contribution in [2.75, 3.05) is 0 Å². The van der Waals surface area contributed by atoms with Gasteiger partial charge in [0, 0.05) is 16.7 Å². The molecule has 2 N–H and O–H groups in total. The predicted molar refractivity (Wildman–Crippen MR) is 74.9 cm³/mol. The summed E-state index contributed by atoms with van der Waals surface area (Å²) >= 11 is 0. The molecular weight excluding hydrogens is 288 g/mol. The quantitative estimate of drug-likeness (QED) is 0.567. The van der Waals surface area contributed by atoms with Gasteiger partial charge < -0.3 is 5.73 Å². The number of nitrogens with zero attached hydrogens (tertiary/aromatic N) is 1. The van der Waals surface area contributed by atoms with Crippen molar-refractivity contribution >= 4 is 23.2 Å². The highest BCUT2D eigenvalue weighted by atomic mass is 16.6. The molecule has 0 radical (unpaired) electrons. The molecule has 2 aromatic rings. The van der Waals surface area contributed by atoms with Gasteiger partial charge in [0.05, 0.1) is 4.92 Å². The summed E-state index contributed by atoms with van der Waals surface area (Å²) in [5.41, 5.74) is 3.77. The lowest BCUT2D eigenvalue weighted by Crippen LogP contribution is -2.24. The number of hydrogen-bond donors (Lipinski definition) is 1. The smallest absolute Gasteiger partial charge is 0.294 e. The van der Waals surface area contributed by atoms with E-state index in [9.17, 15) is 24.5 Å². The van der Waals surface area contributed by atoms with Crippen molar-refractivity contribution in [1.29, 1.82) is 0 Å². The van der Waals surface area contributed by atoms with Gasteiger partial charge in [-0.25, -0.2) is 0 Å². The number of ketones is 2. The molecule has 1 aliphatic rings. The number of hydrogen-bond acceptors (Lipinski definition) is 5. The molecule has 0 bridgehead atoms. The van der Waals surface area contributed by atoms with Gasteiger partial charge in [0.15, 0.2) is 5.78 Å². The lowest BCUT2D eigenvalue weighted by atomic mass is 9.82. The fraction of sp³-hybridized carbons (Fsp3) is 0. The third-order valence-electron chi connectivity index (χ3n) is 3.51. The summed E-state index contributed by atoms with van der Waals surface area (Å²) in [5, 5.41) is 11.3. The molecule has 0 spiro atoms. The number of nitrogens with two attached hydrogens (primary N) is 1. The van der Waals surface area contributed by atoms with E-state index >= 15 is 0 Å². The summed E-state index contributed by atoms with van der Waals surface area (Å²) in [6, 6.07) is 8.36. The number of carbonyl (C=O) groups is 3. The molecule has 7 nitrogen and oxygen atoms in total. The van der Waals surface area contributed by atoms with Crippen LogP contribution in [0.15, 0.2) is 36.4 Å². The van der Waals surface area contributed by atoms with Crippen molar-refractivity contribution in [1.82, 2.24) is 0 Å². The van der Waals surface area contributed by atoms with E-state index in [-0.39, 0.29) is 22.3 Å². The van der Waals surface area contributed by atoms with Gasteiger partial charge in [-0.05, 0) is 12.1 Å². The second kappa shape index (κ2) is 4.59. The number of carbonyl (C=O) groups excluding carboxylic acids is 3. The van der Waals surface area contributed by atoms with Crippen LogP contribution in [-0.4, -0.2) is 22.4 Å². The third-order valence-corrected chi connectivity index (χ3v) is 3.51. The van der Waals surface area contributed by atoms with Crippen molar-refractivity contribution in [3.05, 3.63) is 74.3 Å². The van der Waals surface area contributed by atoms with Crippen LogP contribution < -0.4 is 5.73 Å². The van der Waals surface area contributed by atoms with E-state index in [0.29, 0.717) is 0 Å². The average Bonchev–Trinajstić information content (AvgIpc) is 2.51.